The summed E-state index contributed by atoms with van der Waals surface area (Å²) in [6.07, 6.45) is -0.0324. The van der Waals surface area contributed by atoms with E-state index < -0.39 is 0 Å². The lowest BCUT2D eigenvalue weighted by Gasteiger charge is -2.32. The van der Waals surface area contributed by atoms with Crippen LogP contribution in [0.5, 0.6) is 0 Å². The second kappa shape index (κ2) is 1.24. The monoisotopic (exact) mass is 85.1 g/mol. The minimum Gasteiger partial charge on any atom is -0.391 e. The van der Waals surface area contributed by atoms with E-state index in [4.69, 9.17) is 5.11 Å². The summed E-state index contributed by atoms with van der Waals surface area (Å²) in [5.41, 5.74) is 0. The Balaban J connectivity index is 2.11. The van der Waals surface area contributed by atoms with Crippen LogP contribution in [0.3, 0.4) is 0 Å². The van der Waals surface area contributed by atoms with Gasteiger partial charge in [-0.2, -0.15) is 0 Å². The molecule has 0 atom stereocenters. The van der Waals surface area contributed by atoms with E-state index >= 15 is 0 Å². The summed E-state index contributed by atoms with van der Waals surface area (Å²) in [5.74, 6) is 0. The quantitative estimate of drug-likeness (QED) is 0.351. The van der Waals surface area contributed by atoms with Gasteiger partial charge in [0.05, 0.1) is 6.10 Å². The smallest absolute Gasteiger partial charge is 0.185 e. The van der Waals surface area contributed by atoms with Crippen LogP contribution >= 0.6 is 0 Å². The molecule has 6 heavy (non-hydrogen) atoms. The van der Waals surface area contributed by atoms with Crippen molar-refractivity contribution in [2.75, 3.05) is 13.1 Å². The van der Waals surface area contributed by atoms with Crippen LogP contribution in [0.4, 0.5) is 0 Å². The van der Waals surface area contributed by atoms with Gasteiger partial charge in [-0.05, 0) is 0 Å². The predicted molar refractivity (Wildman–Crippen MR) is 26.1 cm³/mol. The average molecular weight is 84.9 g/mol. The van der Waals surface area contributed by atoms with Crippen LogP contribution in [0.1, 0.15) is 0 Å². The molecule has 1 saturated heterocycles. The minimum absolute atomic E-state index is 0.0324. The molecule has 0 saturated carbocycles. The van der Waals surface area contributed by atoms with Crippen LogP contribution in [-0.4, -0.2) is 37.1 Å². The van der Waals surface area contributed by atoms with Crippen LogP contribution in [-0.2, 0) is 0 Å². The van der Waals surface area contributed by atoms with Crippen molar-refractivity contribution < 1.29 is 5.11 Å². The van der Waals surface area contributed by atoms with Crippen LogP contribution in [0.2, 0.25) is 0 Å². The van der Waals surface area contributed by atoms with Gasteiger partial charge in [0, 0.05) is 13.1 Å². The van der Waals surface area contributed by atoms with Gasteiger partial charge < -0.3 is 9.92 Å². The first-order valence-electron chi connectivity index (χ1n) is 2.15. The van der Waals surface area contributed by atoms with Gasteiger partial charge in [-0.25, -0.2) is 0 Å². The summed E-state index contributed by atoms with van der Waals surface area (Å²) in [4.78, 5) is 2.07. The zero-order valence-electron chi connectivity index (χ0n) is 3.89. The summed E-state index contributed by atoms with van der Waals surface area (Å²) >= 11 is 0. The Kier molecular flexibility index (Phi) is 0.859. The Bertz CT molecular complexity index is 46.8. The SMILES string of the molecule is BN1CC(O)C1. The number of rotatable bonds is 0. The second-order valence-electron chi connectivity index (χ2n) is 1.88. The van der Waals surface area contributed by atoms with Crippen molar-refractivity contribution in [2.45, 2.75) is 6.10 Å². The topological polar surface area (TPSA) is 23.5 Å². The molecule has 1 aliphatic heterocycles. The lowest BCUT2D eigenvalue weighted by molar-refractivity contribution is 0.0561. The first-order chi connectivity index (χ1) is 2.79. The standard InChI is InChI=1S/C3H8BNO/c4-5-1-3(6)2-5/h3,6H,1-2,4H2. The molecule has 0 amide bonds. The third-order valence-corrected chi connectivity index (χ3v) is 1.04. The van der Waals surface area contributed by atoms with Crippen molar-refractivity contribution in [2.24, 2.45) is 0 Å². The lowest BCUT2D eigenvalue weighted by atomic mass is 10.1. The molecule has 3 heteroatoms. The number of hydrogen-bond acceptors (Lipinski definition) is 2. The molecule has 1 N–H and O–H groups in total. The fourth-order valence-corrected chi connectivity index (χ4v) is 0.666. The highest BCUT2D eigenvalue weighted by molar-refractivity contribution is 6.04. The van der Waals surface area contributed by atoms with E-state index in [0.29, 0.717) is 0 Å². The third-order valence-electron chi connectivity index (χ3n) is 1.04. The molecule has 0 spiro atoms. The summed E-state index contributed by atoms with van der Waals surface area (Å²) in [6, 6.07) is 0. The molecule has 1 aliphatic rings. The zero-order chi connectivity index (χ0) is 4.57. The molecule has 1 fully saturated rings. The highest BCUT2D eigenvalue weighted by Gasteiger charge is 2.18. The van der Waals surface area contributed by atoms with Gasteiger partial charge in [0.15, 0.2) is 7.98 Å². The molecule has 0 aromatic heterocycles. The van der Waals surface area contributed by atoms with E-state index in [1.54, 1.807) is 0 Å². The normalized spacial score (nSPS) is 26.8. The molecule has 0 aromatic carbocycles. The summed E-state index contributed by atoms with van der Waals surface area (Å²) < 4.78 is 0. The van der Waals surface area contributed by atoms with Gasteiger partial charge in [0.2, 0.25) is 0 Å². The van der Waals surface area contributed by atoms with Crippen LogP contribution in [0.15, 0.2) is 0 Å². The summed E-state index contributed by atoms with van der Waals surface area (Å²) in [5, 5.41) is 8.58. The highest BCUT2D eigenvalue weighted by Crippen LogP contribution is 1.99. The van der Waals surface area contributed by atoms with Gasteiger partial charge in [-0.1, -0.05) is 0 Å². The van der Waals surface area contributed by atoms with E-state index in [2.05, 4.69) is 4.81 Å². The predicted octanol–water partition coefficient (Wildman–Crippen LogP) is -1.79. The van der Waals surface area contributed by atoms with E-state index in [0.717, 1.165) is 13.1 Å². The molecule has 0 bridgehead atoms. The molecular formula is C3H8BNO. The van der Waals surface area contributed by atoms with Gasteiger partial charge in [-0.15, -0.1) is 0 Å². The molecular weight excluding hydrogens is 76.9 g/mol. The lowest BCUT2D eigenvalue weighted by Crippen LogP contribution is -2.48. The molecule has 0 aliphatic carbocycles. The van der Waals surface area contributed by atoms with Crippen molar-refractivity contribution in [1.29, 1.82) is 0 Å². The van der Waals surface area contributed by atoms with Crippen molar-refractivity contribution in [3.63, 3.8) is 0 Å². The maximum atomic E-state index is 8.58. The van der Waals surface area contributed by atoms with E-state index in [1.165, 1.54) is 0 Å². The van der Waals surface area contributed by atoms with Crippen molar-refractivity contribution in [1.82, 2.24) is 4.81 Å². The van der Waals surface area contributed by atoms with Crippen molar-refractivity contribution in [3.05, 3.63) is 0 Å². The Morgan fingerprint density at radius 2 is 2.17 bits per heavy atom. The Morgan fingerprint density at radius 1 is 1.67 bits per heavy atom. The third kappa shape index (κ3) is 0.557. The fraction of sp³-hybridized carbons (Fsp3) is 1.00. The first kappa shape index (κ1) is 4.15. The number of nitrogens with zero attached hydrogens (tertiary/aromatic N) is 1. The average Bonchev–Trinajstić information content (AvgIpc) is 1.33. The Morgan fingerprint density at radius 3 is 2.17 bits per heavy atom. The number of β-amino-alcohol motifs (C(OH)–C–C–N with tert-alkyl or cyclic N) is 1. The van der Waals surface area contributed by atoms with Crippen LogP contribution < -0.4 is 0 Å². The van der Waals surface area contributed by atoms with Gasteiger partial charge in [-0.3, -0.25) is 0 Å². The van der Waals surface area contributed by atoms with Crippen LogP contribution in [0, 0.1) is 0 Å². The number of hydrogen-bond donors (Lipinski definition) is 1. The molecule has 0 radical (unpaired) electrons. The summed E-state index contributed by atoms with van der Waals surface area (Å²) in [7, 11) is 1.99. The molecule has 1 rings (SSSR count). The maximum Gasteiger partial charge on any atom is 0.185 e. The maximum absolute atomic E-state index is 8.58. The van der Waals surface area contributed by atoms with E-state index in [-0.39, 0.29) is 6.10 Å². The molecule has 0 aromatic rings. The fourth-order valence-electron chi connectivity index (χ4n) is 0.666. The molecule has 2 nitrogen and oxygen atoms in total. The van der Waals surface area contributed by atoms with Gasteiger partial charge in [0.1, 0.15) is 0 Å². The summed E-state index contributed by atoms with van der Waals surface area (Å²) in [6.45, 7) is 1.72. The molecule has 1 heterocycles. The van der Waals surface area contributed by atoms with E-state index in [1.807, 2.05) is 7.98 Å². The zero-order valence-corrected chi connectivity index (χ0v) is 3.89. The van der Waals surface area contributed by atoms with E-state index in [9.17, 15) is 0 Å². The molecule has 34 valence electrons. The number of aliphatic hydroxyl groups is 1. The number of aliphatic hydroxyl groups excluding tert-OH is 1. The Labute approximate surface area is 38.2 Å². The van der Waals surface area contributed by atoms with Gasteiger partial charge in [0.25, 0.3) is 0 Å². The van der Waals surface area contributed by atoms with Crippen LogP contribution in [0.25, 0.3) is 0 Å². The first-order valence-corrected chi connectivity index (χ1v) is 2.15. The highest BCUT2D eigenvalue weighted by atomic mass is 16.3. The van der Waals surface area contributed by atoms with Crippen molar-refractivity contribution in [3.8, 4) is 0 Å². The van der Waals surface area contributed by atoms with Crippen molar-refractivity contribution >= 4 is 7.98 Å². The molecule has 0 unspecified atom stereocenters. The largest absolute Gasteiger partial charge is 0.391 e. The Hall–Kier alpha value is -0.0151. The minimum atomic E-state index is -0.0324. The second-order valence-corrected chi connectivity index (χ2v) is 1.88. The van der Waals surface area contributed by atoms with Gasteiger partial charge >= 0.3 is 0 Å².